The van der Waals surface area contributed by atoms with Gasteiger partial charge in [0.1, 0.15) is 13.2 Å². The number of carbonyl (C=O) groups excluding carboxylic acids is 3. The van der Waals surface area contributed by atoms with E-state index in [0.29, 0.717) is 19.3 Å². The molecular weight excluding hydrogens is 757 g/mol. The number of carbonyl (C=O) groups is 3. The summed E-state index contributed by atoms with van der Waals surface area (Å²) in [7, 11) is 0. The van der Waals surface area contributed by atoms with Crippen LogP contribution in [0.2, 0.25) is 0 Å². The highest BCUT2D eigenvalue weighted by Crippen LogP contribution is 2.18. The lowest BCUT2D eigenvalue weighted by molar-refractivity contribution is -0.167. The SMILES string of the molecule is CCCCCCCCCCCCCCCCCCCCC(=O)OC[C@@H](COC(=O)CCCCCCCCCCC(C)C)OC(=O)CCCCCCCCCCCCC(C)CC. The molecule has 0 saturated heterocycles. The van der Waals surface area contributed by atoms with Crippen LogP contribution in [-0.2, 0) is 28.6 Å². The lowest BCUT2D eigenvalue weighted by Gasteiger charge is -2.18. The standard InChI is InChI=1S/C55H106O6/c1-6-8-9-10-11-12-13-14-15-16-17-18-19-20-24-30-35-40-45-53(56)59-48-52(49-60-54(57)46-41-36-31-27-26-28-33-38-43-50(3)4)61-55(58)47-42-37-32-25-22-21-23-29-34-39-44-51(5)7-2/h50-52H,6-49H2,1-5H3/t51?,52-/m0/s1. The van der Waals surface area contributed by atoms with E-state index in [-0.39, 0.29) is 31.1 Å². The van der Waals surface area contributed by atoms with Gasteiger partial charge in [-0.1, -0.05) is 266 Å². The van der Waals surface area contributed by atoms with Gasteiger partial charge in [-0.3, -0.25) is 14.4 Å². The summed E-state index contributed by atoms with van der Waals surface area (Å²) in [5.74, 6) is 0.816. The van der Waals surface area contributed by atoms with Gasteiger partial charge in [0.2, 0.25) is 0 Å². The van der Waals surface area contributed by atoms with Crippen molar-refractivity contribution in [2.45, 2.75) is 310 Å². The lowest BCUT2D eigenvalue weighted by Crippen LogP contribution is -2.30. The largest absolute Gasteiger partial charge is 0.462 e. The molecule has 0 aromatic rings. The molecule has 0 radical (unpaired) electrons. The van der Waals surface area contributed by atoms with Crippen LogP contribution in [-0.4, -0.2) is 37.2 Å². The molecule has 0 spiro atoms. The molecule has 0 aliphatic heterocycles. The molecule has 1 unspecified atom stereocenters. The highest BCUT2D eigenvalue weighted by molar-refractivity contribution is 5.71. The number of ether oxygens (including phenoxy) is 3. The van der Waals surface area contributed by atoms with Gasteiger partial charge in [-0.25, -0.2) is 0 Å². The van der Waals surface area contributed by atoms with Crippen molar-refractivity contribution in [2.24, 2.45) is 11.8 Å². The Balaban J connectivity index is 4.28. The molecule has 6 heteroatoms. The predicted molar refractivity (Wildman–Crippen MR) is 261 cm³/mol. The molecule has 2 atom stereocenters. The van der Waals surface area contributed by atoms with Crippen LogP contribution in [0.4, 0.5) is 0 Å². The molecule has 0 aliphatic carbocycles. The zero-order chi connectivity index (χ0) is 44.7. The van der Waals surface area contributed by atoms with Crippen molar-refractivity contribution < 1.29 is 28.6 Å². The Labute approximate surface area is 380 Å². The van der Waals surface area contributed by atoms with Crippen molar-refractivity contribution in [3.63, 3.8) is 0 Å². The quantitative estimate of drug-likeness (QED) is 0.0344. The normalized spacial score (nSPS) is 12.5. The smallest absolute Gasteiger partial charge is 0.306 e. The van der Waals surface area contributed by atoms with E-state index in [1.54, 1.807) is 0 Å². The Kier molecular flexibility index (Phi) is 46.6. The topological polar surface area (TPSA) is 78.9 Å². The van der Waals surface area contributed by atoms with E-state index in [4.69, 9.17) is 14.2 Å². The maximum atomic E-state index is 12.8. The minimum atomic E-state index is -0.762. The lowest BCUT2D eigenvalue weighted by atomic mass is 9.99. The molecular formula is C55H106O6. The summed E-state index contributed by atoms with van der Waals surface area (Å²) in [4.78, 5) is 38.0. The summed E-state index contributed by atoms with van der Waals surface area (Å²) in [6.45, 7) is 11.4. The molecule has 0 saturated carbocycles. The van der Waals surface area contributed by atoms with E-state index < -0.39 is 6.10 Å². The monoisotopic (exact) mass is 863 g/mol. The zero-order valence-electron chi connectivity index (χ0n) is 41.8. The van der Waals surface area contributed by atoms with E-state index in [0.717, 1.165) is 69.6 Å². The Bertz CT molecular complexity index is 933. The van der Waals surface area contributed by atoms with Gasteiger partial charge in [0.05, 0.1) is 0 Å². The predicted octanol–water partition coefficient (Wildman–Crippen LogP) is 17.7. The summed E-state index contributed by atoms with van der Waals surface area (Å²) >= 11 is 0. The fourth-order valence-corrected chi connectivity index (χ4v) is 8.31. The van der Waals surface area contributed by atoms with E-state index in [1.165, 1.54) is 193 Å². The first-order valence-corrected chi connectivity index (χ1v) is 27.3. The molecule has 0 heterocycles. The van der Waals surface area contributed by atoms with Crippen LogP contribution in [0.15, 0.2) is 0 Å². The van der Waals surface area contributed by atoms with Gasteiger partial charge in [-0.15, -0.1) is 0 Å². The fraction of sp³-hybridized carbons (Fsp3) is 0.945. The second-order valence-electron chi connectivity index (χ2n) is 19.6. The molecule has 0 bridgehead atoms. The summed E-state index contributed by atoms with van der Waals surface area (Å²) < 4.78 is 16.8. The minimum absolute atomic E-state index is 0.0638. The van der Waals surface area contributed by atoms with E-state index in [9.17, 15) is 14.4 Å². The van der Waals surface area contributed by atoms with Gasteiger partial charge < -0.3 is 14.2 Å². The van der Waals surface area contributed by atoms with Crippen molar-refractivity contribution in [3.05, 3.63) is 0 Å². The first kappa shape index (κ1) is 59.4. The number of unbranched alkanes of at least 4 members (excludes halogenated alkanes) is 33. The maximum Gasteiger partial charge on any atom is 0.306 e. The van der Waals surface area contributed by atoms with Crippen LogP contribution in [0.25, 0.3) is 0 Å². The van der Waals surface area contributed by atoms with Crippen LogP contribution in [0.1, 0.15) is 304 Å². The average molecular weight is 863 g/mol. The highest BCUT2D eigenvalue weighted by atomic mass is 16.6. The van der Waals surface area contributed by atoms with Crippen LogP contribution >= 0.6 is 0 Å². The van der Waals surface area contributed by atoms with Crippen molar-refractivity contribution in [1.82, 2.24) is 0 Å². The first-order valence-electron chi connectivity index (χ1n) is 27.3. The highest BCUT2D eigenvalue weighted by Gasteiger charge is 2.19. The van der Waals surface area contributed by atoms with Gasteiger partial charge in [0.25, 0.3) is 0 Å². The van der Waals surface area contributed by atoms with Gasteiger partial charge in [-0.2, -0.15) is 0 Å². The van der Waals surface area contributed by atoms with Crippen molar-refractivity contribution in [3.8, 4) is 0 Å². The Hall–Kier alpha value is -1.59. The molecule has 0 amide bonds. The molecule has 0 N–H and O–H groups in total. The Morgan fingerprint density at radius 1 is 0.344 bits per heavy atom. The molecule has 61 heavy (non-hydrogen) atoms. The number of esters is 3. The van der Waals surface area contributed by atoms with Gasteiger partial charge in [0.15, 0.2) is 6.10 Å². The number of hydrogen-bond acceptors (Lipinski definition) is 6. The molecule has 0 aliphatic rings. The van der Waals surface area contributed by atoms with Gasteiger partial charge in [-0.05, 0) is 31.1 Å². The second kappa shape index (κ2) is 47.9. The summed E-state index contributed by atoms with van der Waals surface area (Å²) in [6.07, 6.45) is 49.5. The summed E-state index contributed by atoms with van der Waals surface area (Å²) in [5, 5.41) is 0. The van der Waals surface area contributed by atoms with E-state index in [2.05, 4.69) is 34.6 Å². The Morgan fingerprint density at radius 3 is 0.934 bits per heavy atom. The molecule has 0 fully saturated rings. The van der Waals surface area contributed by atoms with Gasteiger partial charge >= 0.3 is 17.9 Å². The van der Waals surface area contributed by atoms with Crippen molar-refractivity contribution >= 4 is 17.9 Å². The van der Waals surface area contributed by atoms with Crippen LogP contribution < -0.4 is 0 Å². The van der Waals surface area contributed by atoms with E-state index in [1.807, 2.05) is 0 Å². The third kappa shape index (κ3) is 47.7. The molecule has 0 rings (SSSR count). The molecule has 0 aromatic heterocycles. The molecule has 362 valence electrons. The fourth-order valence-electron chi connectivity index (χ4n) is 8.31. The summed E-state index contributed by atoms with van der Waals surface area (Å²) in [5.41, 5.74) is 0. The second-order valence-corrected chi connectivity index (χ2v) is 19.6. The van der Waals surface area contributed by atoms with Gasteiger partial charge in [0, 0.05) is 19.3 Å². The van der Waals surface area contributed by atoms with E-state index >= 15 is 0 Å². The Morgan fingerprint density at radius 2 is 0.623 bits per heavy atom. The zero-order valence-corrected chi connectivity index (χ0v) is 41.8. The minimum Gasteiger partial charge on any atom is -0.462 e. The van der Waals surface area contributed by atoms with Crippen molar-refractivity contribution in [2.75, 3.05) is 13.2 Å². The molecule has 6 nitrogen and oxygen atoms in total. The number of rotatable bonds is 49. The maximum absolute atomic E-state index is 12.8. The van der Waals surface area contributed by atoms with Crippen LogP contribution in [0.5, 0.6) is 0 Å². The van der Waals surface area contributed by atoms with Crippen LogP contribution in [0, 0.1) is 11.8 Å². The summed E-state index contributed by atoms with van der Waals surface area (Å²) in [6, 6.07) is 0. The number of hydrogen-bond donors (Lipinski definition) is 0. The van der Waals surface area contributed by atoms with Crippen LogP contribution in [0.3, 0.4) is 0 Å². The third-order valence-corrected chi connectivity index (χ3v) is 12.8. The molecule has 0 aromatic carbocycles. The average Bonchev–Trinajstić information content (AvgIpc) is 3.24. The third-order valence-electron chi connectivity index (χ3n) is 12.8. The van der Waals surface area contributed by atoms with Crippen molar-refractivity contribution in [1.29, 1.82) is 0 Å². The first-order chi connectivity index (χ1) is 29.8.